The number of hydrogen-bond donors (Lipinski definition) is 2. The van der Waals surface area contributed by atoms with Crippen molar-refractivity contribution in [2.24, 2.45) is 5.92 Å². The first kappa shape index (κ1) is 11.4. The van der Waals surface area contributed by atoms with Gasteiger partial charge < -0.3 is 14.8 Å². The van der Waals surface area contributed by atoms with Gasteiger partial charge in [0, 0.05) is 24.7 Å². The first-order chi connectivity index (χ1) is 8.15. The number of nitrogens with one attached hydrogen (secondary N) is 1. The molecule has 1 aromatic carbocycles. The van der Waals surface area contributed by atoms with Crippen LogP contribution in [-0.2, 0) is 4.79 Å². The number of nitrogens with zero attached hydrogens (tertiary/aromatic N) is 1. The quantitative estimate of drug-likeness (QED) is 0.830. The monoisotopic (exact) mass is 234 g/mol. The number of fused-ring (bicyclic) bond motifs is 1. The van der Waals surface area contributed by atoms with Crippen LogP contribution in [0.4, 0.5) is 5.69 Å². The molecule has 1 atom stereocenters. The molecule has 5 nitrogen and oxygen atoms in total. The van der Waals surface area contributed by atoms with Crippen molar-refractivity contribution in [3.05, 3.63) is 24.6 Å². The van der Waals surface area contributed by atoms with Crippen molar-refractivity contribution in [1.29, 1.82) is 0 Å². The summed E-state index contributed by atoms with van der Waals surface area (Å²) in [6.07, 6.45) is 1.57. The molecule has 0 bridgehead atoms. The van der Waals surface area contributed by atoms with Gasteiger partial charge in [-0.1, -0.05) is 6.92 Å². The number of aromatic nitrogens is 1. The minimum absolute atomic E-state index is 0.0814. The van der Waals surface area contributed by atoms with Crippen LogP contribution < -0.4 is 5.32 Å². The Bertz CT molecular complexity index is 521. The average molecular weight is 234 g/mol. The maximum absolute atomic E-state index is 10.5. The van der Waals surface area contributed by atoms with Gasteiger partial charge in [-0.05, 0) is 18.1 Å². The zero-order chi connectivity index (χ0) is 12.3. The molecule has 1 aromatic heterocycles. The lowest BCUT2D eigenvalue weighted by molar-refractivity contribution is -0.137. The van der Waals surface area contributed by atoms with Crippen LogP contribution in [0.25, 0.3) is 11.1 Å². The van der Waals surface area contributed by atoms with Crippen molar-refractivity contribution in [3.8, 4) is 0 Å². The predicted octanol–water partition coefficient (Wildman–Crippen LogP) is 2.35. The third-order valence-corrected chi connectivity index (χ3v) is 2.51. The van der Waals surface area contributed by atoms with Gasteiger partial charge in [-0.3, -0.25) is 4.79 Å². The number of benzene rings is 1. The molecule has 0 saturated carbocycles. The molecule has 0 aliphatic rings. The largest absolute Gasteiger partial charge is 0.481 e. The Hall–Kier alpha value is -2.04. The molecule has 17 heavy (non-hydrogen) atoms. The van der Waals surface area contributed by atoms with Crippen LogP contribution in [0.2, 0.25) is 0 Å². The van der Waals surface area contributed by atoms with E-state index in [0.717, 1.165) is 16.8 Å². The minimum Gasteiger partial charge on any atom is -0.481 e. The Balaban J connectivity index is 1.96. The van der Waals surface area contributed by atoms with Gasteiger partial charge >= 0.3 is 5.97 Å². The van der Waals surface area contributed by atoms with E-state index >= 15 is 0 Å². The SMILES string of the molecule is CC(CNc1ccc2ncoc2c1)CC(=O)O. The van der Waals surface area contributed by atoms with Crippen molar-refractivity contribution in [2.45, 2.75) is 13.3 Å². The van der Waals surface area contributed by atoms with Crippen LogP contribution in [0.5, 0.6) is 0 Å². The number of carbonyl (C=O) groups is 1. The number of oxazole rings is 1. The Morgan fingerprint density at radius 3 is 3.18 bits per heavy atom. The summed E-state index contributed by atoms with van der Waals surface area (Å²) in [6, 6.07) is 5.62. The number of carboxylic acids is 1. The van der Waals surface area contributed by atoms with Crippen LogP contribution in [-0.4, -0.2) is 22.6 Å². The van der Waals surface area contributed by atoms with E-state index < -0.39 is 5.97 Å². The molecule has 1 unspecified atom stereocenters. The molecule has 1 heterocycles. The number of carboxylic acid groups (broad SMARTS) is 1. The molecule has 0 amide bonds. The van der Waals surface area contributed by atoms with Gasteiger partial charge in [0.15, 0.2) is 12.0 Å². The Morgan fingerprint density at radius 1 is 1.59 bits per heavy atom. The minimum atomic E-state index is -0.773. The molecule has 0 spiro atoms. The fraction of sp³-hybridized carbons (Fsp3) is 0.333. The second-order valence-corrected chi connectivity index (χ2v) is 4.12. The highest BCUT2D eigenvalue weighted by atomic mass is 16.4. The van der Waals surface area contributed by atoms with E-state index in [2.05, 4.69) is 10.3 Å². The van der Waals surface area contributed by atoms with Crippen LogP contribution in [0.1, 0.15) is 13.3 Å². The molecule has 0 radical (unpaired) electrons. The Kier molecular flexibility index (Phi) is 3.27. The third-order valence-electron chi connectivity index (χ3n) is 2.51. The summed E-state index contributed by atoms with van der Waals surface area (Å²) in [7, 11) is 0. The molecule has 2 N–H and O–H groups in total. The number of hydrogen-bond acceptors (Lipinski definition) is 4. The van der Waals surface area contributed by atoms with E-state index in [1.54, 1.807) is 0 Å². The summed E-state index contributed by atoms with van der Waals surface area (Å²) in [5.74, 6) is -0.692. The predicted molar refractivity (Wildman–Crippen MR) is 63.9 cm³/mol. The van der Waals surface area contributed by atoms with Gasteiger partial charge in [0.2, 0.25) is 0 Å². The van der Waals surface area contributed by atoms with E-state index in [4.69, 9.17) is 9.52 Å². The van der Waals surface area contributed by atoms with E-state index in [1.807, 2.05) is 25.1 Å². The van der Waals surface area contributed by atoms with Crippen molar-refractivity contribution in [3.63, 3.8) is 0 Å². The smallest absolute Gasteiger partial charge is 0.303 e. The molecular formula is C12H14N2O3. The first-order valence-electron chi connectivity index (χ1n) is 5.44. The molecule has 5 heteroatoms. The highest BCUT2D eigenvalue weighted by molar-refractivity contribution is 5.76. The Morgan fingerprint density at radius 2 is 2.41 bits per heavy atom. The molecule has 0 aliphatic heterocycles. The molecule has 0 aliphatic carbocycles. The van der Waals surface area contributed by atoms with Crippen molar-refractivity contribution < 1.29 is 14.3 Å². The van der Waals surface area contributed by atoms with Crippen LogP contribution >= 0.6 is 0 Å². The van der Waals surface area contributed by atoms with Gasteiger partial charge in [0.1, 0.15) is 5.52 Å². The Labute approximate surface area is 98.5 Å². The normalized spacial score (nSPS) is 12.5. The van der Waals surface area contributed by atoms with Gasteiger partial charge in [-0.25, -0.2) is 4.98 Å². The van der Waals surface area contributed by atoms with Crippen LogP contribution in [0.3, 0.4) is 0 Å². The summed E-state index contributed by atoms with van der Waals surface area (Å²) in [5.41, 5.74) is 2.45. The highest BCUT2D eigenvalue weighted by Gasteiger charge is 2.07. The first-order valence-corrected chi connectivity index (χ1v) is 5.44. The zero-order valence-corrected chi connectivity index (χ0v) is 9.51. The standard InChI is InChI=1S/C12H14N2O3/c1-8(4-12(15)16)6-13-9-2-3-10-11(5-9)17-7-14-10/h2-3,5,7-8,13H,4,6H2,1H3,(H,15,16). The highest BCUT2D eigenvalue weighted by Crippen LogP contribution is 2.18. The van der Waals surface area contributed by atoms with E-state index in [9.17, 15) is 4.79 Å². The number of anilines is 1. The van der Waals surface area contributed by atoms with Crippen molar-refractivity contribution in [2.75, 3.05) is 11.9 Å². The van der Waals surface area contributed by atoms with Gasteiger partial charge in [-0.2, -0.15) is 0 Å². The second-order valence-electron chi connectivity index (χ2n) is 4.12. The summed E-state index contributed by atoms with van der Waals surface area (Å²) in [4.78, 5) is 14.5. The third kappa shape index (κ3) is 2.96. The topological polar surface area (TPSA) is 75.4 Å². The molecular weight excluding hydrogens is 220 g/mol. The van der Waals surface area contributed by atoms with E-state index in [-0.39, 0.29) is 12.3 Å². The second kappa shape index (κ2) is 4.86. The average Bonchev–Trinajstić information content (AvgIpc) is 2.72. The van der Waals surface area contributed by atoms with E-state index in [0.29, 0.717) is 6.54 Å². The van der Waals surface area contributed by atoms with Gasteiger partial charge in [0.25, 0.3) is 0 Å². The van der Waals surface area contributed by atoms with Crippen LogP contribution in [0, 0.1) is 5.92 Å². The lowest BCUT2D eigenvalue weighted by atomic mass is 10.1. The lowest BCUT2D eigenvalue weighted by Crippen LogP contribution is -2.14. The van der Waals surface area contributed by atoms with Gasteiger partial charge in [-0.15, -0.1) is 0 Å². The van der Waals surface area contributed by atoms with Crippen LogP contribution in [0.15, 0.2) is 29.0 Å². The van der Waals surface area contributed by atoms with Crippen molar-refractivity contribution >= 4 is 22.8 Å². The summed E-state index contributed by atoms with van der Waals surface area (Å²) >= 11 is 0. The van der Waals surface area contributed by atoms with E-state index in [1.165, 1.54) is 6.39 Å². The fourth-order valence-corrected chi connectivity index (χ4v) is 1.63. The maximum Gasteiger partial charge on any atom is 0.303 e. The molecule has 2 rings (SSSR count). The fourth-order valence-electron chi connectivity index (χ4n) is 1.63. The van der Waals surface area contributed by atoms with Crippen molar-refractivity contribution in [1.82, 2.24) is 4.98 Å². The number of aliphatic carboxylic acids is 1. The summed E-state index contributed by atoms with van der Waals surface area (Å²) in [5, 5.41) is 11.8. The summed E-state index contributed by atoms with van der Waals surface area (Å²) < 4.78 is 5.18. The molecule has 2 aromatic rings. The summed E-state index contributed by atoms with van der Waals surface area (Å²) in [6.45, 7) is 2.51. The number of rotatable bonds is 5. The lowest BCUT2D eigenvalue weighted by Gasteiger charge is -2.11. The zero-order valence-electron chi connectivity index (χ0n) is 9.51. The van der Waals surface area contributed by atoms with Gasteiger partial charge in [0.05, 0.1) is 0 Å². The molecule has 90 valence electrons. The maximum atomic E-state index is 10.5. The molecule has 0 saturated heterocycles. The molecule has 0 fully saturated rings.